The van der Waals surface area contributed by atoms with Crippen molar-refractivity contribution in [2.24, 2.45) is 0 Å². The van der Waals surface area contributed by atoms with Gasteiger partial charge in [0.2, 0.25) is 0 Å². The Labute approximate surface area is 126 Å². The lowest BCUT2D eigenvalue weighted by Gasteiger charge is -2.29. The maximum atomic E-state index is 11.4. The average molecular weight is 303 g/mol. The normalized spacial score (nSPS) is 14.5. The van der Waals surface area contributed by atoms with E-state index in [-0.39, 0.29) is 0 Å². The summed E-state index contributed by atoms with van der Waals surface area (Å²) >= 11 is 0. The van der Waals surface area contributed by atoms with Crippen molar-refractivity contribution in [3.63, 3.8) is 0 Å². The van der Waals surface area contributed by atoms with Crippen LogP contribution in [-0.4, -0.2) is 4.89 Å². The van der Waals surface area contributed by atoms with Crippen LogP contribution in [0.3, 0.4) is 0 Å². The summed E-state index contributed by atoms with van der Waals surface area (Å²) < 4.78 is 17.0. The first-order chi connectivity index (χ1) is 10.1. The summed E-state index contributed by atoms with van der Waals surface area (Å²) in [6.07, 6.45) is 1.42. The quantitative estimate of drug-likeness (QED) is 0.795. The minimum Gasteiger partial charge on any atom is -0.133 e. The van der Waals surface area contributed by atoms with E-state index in [4.69, 9.17) is 4.52 Å². The van der Waals surface area contributed by atoms with Gasteiger partial charge in [-0.05, 0) is 29.5 Å². The third-order valence-electron chi connectivity index (χ3n) is 3.81. The van der Waals surface area contributed by atoms with Gasteiger partial charge in [0.05, 0.1) is 0 Å². The Balaban J connectivity index is 2.68. The standard InChI is InChI=1S/C17H19O3P/c1-3-14-10-8-9-13-16(14)17(4-2,20-21(18)19)15-11-6-5-7-12-15/h5-13H,3-4H2,1-2H3/p+1. The highest BCUT2D eigenvalue weighted by Crippen LogP contribution is 2.44. The zero-order valence-electron chi connectivity index (χ0n) is 12.3. The molecule has 0 aromatic heterocycles. The Morgan fingerprint density at radius 2 is 1.67 bits per heavy atom. The van der Waals surface area contributed by atoms with Crippen molar-refractivity contribution in [2.45, 2.75) is 32.3 Å². The number of benzene rings is 2. The largest absolute Gasteiger partial charge is 0.695 e. The van der Waals surface area contributed by atoms with E-state index in [1.165, 1.54) is 0 Å². The Hall–Kier alpha value is -1.54. The zero-order valence-corrected chi connectivity index (χ0v) is 13.2. The molecule has 0 amide bonds. The SMILES string of the molecule is CCc1ccccc1C(CC)(O[P+](=O)O)c1ccccc1. The van der Waals surface area contributed by atoms with Crippen LogP contribution in [0.2, 0.25) is 0 Å². The topological polar surface area (TPSA) is 46.5 Å². The Morgan fingerprint density at radius 1 is 1.05 bits per heavy atom. The van der Waals surface area contributed by atoms with E-state index in [2.05, 4.69) is 6.92 Å². The van der Waals surface area contributed by atoms with Gasteiger partial charge in [-0.2, -0.15) is 0 Å². The summed E-state index contributed by atoms with van der Waals surface area (Å²) in [5.41, 5.74) is 2.08. The van der Waals surface area contributed by atoms with E-state index < -0.39 is 13.9 Å². The molecule has 2 aromatic rings. The van der Waals surface area contributed by atoms with Crippen LogP contribution in [0.1, 0.15) is 37.0 Å². The monoisotopic (exact) mass is 303 g/mol. The van der Waals surface area contributed by atoms with E-state index in [1.807, 2.05) is 61.5 Å². The fourth-order valence-corrected chi connectivity index (χ4v) is 3.38. The Bertz CT molecular complexity index is 612. The van der Waals surface area contributed by atoms with E-state index in [1.54, 1.807) is 0 Å². The van der Waals surface area contributed by atoms with Gasteiger partial charge in [-0.1, -0.05) is 68.4 Å². The van der Waals surface area contributed by atoms with E-state index in [9.17, 15) is 9.46 Å². The van der Waals surface area contributed by atoms with Gasteiger partial charge < -0.3 is 0 Å². The van der Waals surface area contributed by atoms with Crippen LogP contribution in [0.5, 0.6) is 0 Å². The lowest BCUT2D eigenvalue weighted by molar-refractivity contribution is 0.0990. The molecule has 0 aliphatic carbocycles. The maximum absolute atomic E-state index is 11.4. The first-order valence-electron chi connectivity index (χ1n) is 7.13. The second-order valence-corrected chi connectivity index (χ2v) is 5.54. The van der Waals surface area contributed by atoms with Gasteiger partial charge in [-0.3, -0.25) is 0 Å². The highest BCUT2D eigenvalue weighted by atomic mass is 31.1. The molecule has 4 heteroatoms. The van der Waals surface area contributed by atoms with Gasteiger partial charge in [-0.25, -0.2) is 0 Å². The molecule has 2 aromatic carbocycles. The van der Waals surface area contributed by atoms with Crippen LogP contribution >= 0.6 is 8.25 Å². The predicted molar refractivity (Wildman–Crippen MR) is 84.2 cm³/mol. The minimum absolute atomic E-state index is 0.579. The lowest BCUT2D eigenvalue weighted by Crippen LogP contribution is -2.29. The van der Waals surface area contributed by atoms with Crippen LogP contribution in [0, 0.1) is 0 Å². The molecule has 0 aliphatic rings. The van der Waals surface area contributed by atoms with Crippen molar-refractivity contribution in [3.8, 4) is 0 Å². The molecule has 0 bridgehead atoms. The highest BCUT2D eigenvalue weighted by Gasteiger charge is 2.43. The van der Waals surface area contributed by atoms with Crippen LogP contribution in [0.15, 0.2) is 54.6 Å². The van der Waals surface area contributed by atoms with Gasteiger partial charge >= 0.3 is 8.25 Å². The molecular formula is C17H20O3P+. The maximum Gasteiger partial charge on any atom is 0.695 e. The Morgan fingerprint density at radius 3 is 2.24 bits per heavy atom. The number of hydrogen-bond acceptors (Lipinski definition) is 2. The summed E-state index contributed by atoms with van der Waals surface area (Å²) in [4.78, 5) is 9.39. The smallest absolute Gasteiger partial charge is 0.133 e. The summed E-state index contributed by atoms with van der Waals surface area (Å²) in [6, 6.07) is 17.6. The molecule has 0 fully saturated rings. The summed E-state index contributed by atoms with van der Waals surface area (Å²) in [5, 5.41) is 0. The molecule has 0 saturated heterocycles. The third-order valence-corrected chi connectivity index (χ3v) is 4.27. The van der Waals surface area contributed by atoms with Crippen molar-refractivity contribution < 1.29 is 14.0 Å². The zero-order chi connectivity index (χ0) is 15.3. The van der Waals surface area contributed by atoms with Crippen molar-refractivity contribution in [3.05, 3.63) is 71.3 Å². The van der Waals surface area contributed by atoms with Crippen LogP contribution in [-0.2, 0) is 21.1 Å². The van der Waals surface area contributed by atoms with Crippen LogP contribution in [0.4, 0.5) is 0 Å². The number of aryl methyl sites for hydroxylation is 1. The van der Waals surface area contributed by atoms with E-state index >= 15 is 0 Å². The third kappa shape index (κ3) is 3.21. The van der Waals surface area contributed by atoms with Crippen molar-refractivity contribution in [1.82, 2.24) is 0 Å². The van der Waals surface area contributed by atoms with Gasteiger partial charge in [0, 0.05) is 4.57 Å². The van der Waals surface area contributed by atoms with Crippen LogP contribution in [0.25, 0.3) is 0 Å². The fourth-order valence-electron chi connectivity index (χ4n) is 2.78. The highest BCUT2D eigenvalue weighted by molar-refractivity contribution is 7.32. The van der Waals surface area contributed by atoms with Gasteiger partial charge in [0.25, 0.3) is 0 Å². The molecule has 2 atom stereocenters. The van der Waals surface area contributed by atoms with E-state index in [0.717, 1.165) is 23.1 Å². The molecule has 21 heavy (non-hydrogen) atoms. The first-order valence-corrected chi connectivity index (χ1v) is 8.26. The summed E-state index contributed by atoms with van der Waals surface area (Å²) in [6.45, 7) is 4.04. The fraction of sp³-hybridized carbons (Fsp3) is 0.294. The lowest BCUT2D eigenvalue weighted by atomic mass is 9.81. The van der Waals surface area contributed by atoms with Crippen molar-refractivity contribution >= 4 is 8.25 Å². The molecule has 3 nitrogen and oxygen atoms in total. The minimum atomic E-state index is -2.71. The predicted octanol–water partition coefficient (Wildman–Crippen LogP) is 4.57. The summed E-state index contributed by atoms with van der Waals surface area (Å²) in [5.74, 6) is 0. The molecule has 0 heterocycles. The number of hydrogen-bond donors (Lipinski definition) is 1. The molecule has 110 valence electrons. The van der Waals surface area contributed by atoms with Gasteiger partial charge in [0.1, 0.15) is 0 Å². The van der Waals surface area contributed by atoms with Crippen LogP contribution < -0.4 is 0 Å². The molecule has 1 N–H and O–H groups in total. The van der Waals surface area contributed by atoms with Crippen molar-refractivity contribution in [2.75, 3.05) is 0 Å². The molecule has 2 unspecified atom stereocenters. The average Bonchev–Trinajstić information content (AvgIpc) is 2.53. The van der Waals surface area contributed by atoms with E-state index in [0.29, 0.717) is 6.42 Å². The molecule has 2 rings (SSSR count). The summed E-state index contributed by atoms with van der Waals surface area (Å²) in [7, 11) is -2.71. The second kappa shape index (κ2) is 6.95. The van der Waals surface area contributed by atoms with Gasteiger partial charge in [-0.15, -0.1) is 9.42 Å². The molecular weight excluding hydrogens is 283 g/mol. The number of rotatable bonds is 6. The van der Waals surface area contributed by atoms with Gasteiger partial charge in [0.15, 0.2) is 5.60 Å². The second-order valence-electron chi connectivity index (χ2n) is 4.89. The first kappa shape index (κ1) is 15.8. The molecule has 0 aliphatic heterocycles. The Kier molecular flexibility index (Phi) is 5.24. The van der Waals surface area contributed by atoms with Crippen molar-refractivity contribution in [1.29, 1.82) is 0 Å². The molecule has 0 saturated carbocycles. The molecule has 0 radical (unpaired) electrons. The molecule has 0 spiro atoms.